The Hall–Kier alpha value is -0.820. The predicted octanol–water partition coefficient (Wildman–Crippen LogP) is 0.901. The molecule has 0 bridgehead atoms. The second-order valence-corrected chi connectivity index (χ2v) is 4.68. The Morgan fingerprint density at radius 1 is 1.38 bits per heavy atom. The summed E-state index contributed by atoms with van der Waals surface area (Å²) in [5, 5.41) is 12.3. The molecular formula is C10H17N3O2S. The lowest BCUT2D eigenvalue weighted by Gasteiger charge is -2.02. The maximum Gasteiger partial charge on any atom is 0.175 e. The van der Waals surface area contributed by atoms with Crippen LogP contribution in [0.15, 0.2) is 0 Å². The predicted molar refractivity (Wildman–Crippen MR) is 63.2 cm³/mol. The van der Waals surface area contributed by atoms with Gasteiger partial charge in [-0.1, -0.05) is 0 Å². The molecule has 0 fully saturated rings. The Morgan fingerprint density at radius 3 is 2.69 bits per heavy atom. The first kappa shape index (κ1) is 13.2. The molecule has 5 nitrogen and oxygen atoms in total. The molecule has 90 valence electrons. The number of aromatic nitrogens is 1. The van der Waals surface area contributed by atoms with Crippen LogP contribution in [0.2, 0.25) is 0 Å². The maximum atomic E-state index is 11.8. The summed E-state index contributed by atoms with van der Waals surface area (Å²) in [6.45, 7) is 5.51. The molecule has 0 atom stereocenters. The number of hydrogen-bond donors (Lipinski definition) is 3. The van der Waals surface area contributed by atoms with E-state index < -0.39 is 0 Å². The van der Waals surface area contributed by atoms with Crippen molar-refractivity contribution in [3.05, 3.63) is 15.6 Å². The first-order valence-electron chi connectivity index (χ1n) is 5.20. The highest BCUT2D eigenvalue weighted by Crippen LogP contribution is 2.18. The van der Waals surface area contributed by atoms with Crippen LogP contribution in [-0.4, -0.2) is 35.6 Å². The summed E-state index contributed by atoms with van der Waals surface area (Å²) < 4.78 is 0. The summed E-state index contributed by atoms with van der Waals surface area (Å²) in [5.41, 5.74) is 2.87. The number of hydrogen-bond acceptors (Lipinski definition) is 6. The van der Waals surface area contributed by atoms with Gasteiger partial charge >= 0.3 is 0 Å². The molecule has 1 heterocycles. The quantitative estimate of drug-likeness (QED) is 0.377. The van der Waals surface area contributed by atoms with Gasteiger partial charge in [0.25, 0.3) is 0 Å². The van der Waals surface area contributed by atoms with Crippen molar-refractivity contribution in [3.63, 3.8) is 0 Å². The number of nitrogens with zero attached hydrogens (tertiary/aromatic N) is 1. The van der Waals surface area contributed by atoms with Gasteiger partial charge in [-0.05, 0) is 13.8 Å². The smallest absolute Gasteiger partial charge is 0.175 e. The van der Waals surface area contributed by atoms with Gasteiger partial charge in [0.15, 0.2) is 5.78 Å². The van der Waals surface area contributed by atoms with Crippen LogP contribution < -0.4 is 10.8 Å². The van der Waals surface area contributed by atoms with Gasteiger partial charge in [0.2, 0.25) is 0 Å². The lowest BCUT2D eigenvalue weighted by molar-refractivity contribution is 0.0985. The van der Waals surface area contributed by atoms with Crippen molar-refractivity contribution in [3.8, 4) is 0 Å². The van der Waals surface area contributed by atoms with Crippen molar-refractivity contribution in [2.75, 3.05) is 19.6 Å². The number of Topliss-reactive ketones (excluding diaryl/α,β-unsaturated/α-hetero) is 1. The van der Waals surface area contributed by atoms with E-state index in [0.29, 0.717) is 26.1 Å². The van der Waals surface area contributed by atoms with E-state index >= 15 is 0 Å². The van der Waals surface area contributed by atoms with Crippen LogP contribution in [0.1, 0.15) is 26.8 Å². The summed E-state index contributed by atoms with van der Waals surface area (Å²) in [6, 6.07) is 0. The molecule has 0 unspecified atom stereocenters. The van der Waals surface area contributed by atoms with Crippen LogP contribution in [0.25, 0.3) is 0 Å². The van der Waals surface area contributed by atoms with E-state index in [1.54, 1.807) is 0 Å². The highest BCUT2D eigenvalue weighted by molar-refractivity contribution is 7.13. The van der Waals surface area contributed by atoms with Crippen LogP contribution in [-0.2, 0) is 0 Å². The minimum atomic E-state index is 0.132. The van der Waals surface area contributed by atoms with E-state index in [2.05, 4.69) is 10.3 Å². The largest absolute Gasteiger partial charge is 0.317 e. The van der Waals surface area contributed by atoms with Crippen molar-refractivity contribution in [1.29, 1.82) is 0 Å². The van der Waals surface area contributed by atoms with Gasteiger partial charge in [0, 0.05) is 26.1 Å². The zero-order valence-corrected chi connectivity index (χ0v) is 10.4. The molecule has 0 saturated heterocycles. The minimum Gasteiger partial charge on any atom is -0.317 e. The second kappa shape index (κ2) is 6.70. The third-order valence-corrected chi connectivity index (χ3v) is 3.21. The third-order valence-electron chi connectivity index (χ3n) is 2.10. The molecule has 0 aliphatic rings. The molecule has 0 radical (unpaired) electrons. The fraction of sp³-hybridized carbons (Fsp3) is 0.600. The molecule has 1 aromatic heterocycles. The van der Waals surface area contributed by atoms with E-state index in [-0.39, 0.29) is 5.78 Å². The van der Waals surface area contributed by atoms with E-state index in [1.807, 2.05) is 19.3 Å². The minimum absolute atomic E-state index is 0.132. The molecule has 0 aliphatic carbocycles. The molecule has 1 aromatic rings. The topological polar surface area (TPSA) is 74.2 Å². The Kier molecular flexibility index (Phi) is 5.54. The van der Waals surface area contributed by atoms with Crippen LogP contribution in [0, 0.1) is 13.8 Å². The van der Waals surface area contributed by atoms with Crippen LogP contribution >= 0.6 is 11.3 Å². The summed E-state index contributed by atoms with van der Waals surface area (Å²) in [4.78, 5) is 16.8. The average molecular weight is 243 g/mol. The van der Waals surface area contributed by atoms with E-state index in [1.165, 1.54) is 11.3 Å². The van der Waals surface area contributed by atoms with Gasteiger partial charge in [-0.3, -0.25) is 4.79 Å². The number of carbonyl (C=O) groups excluding carboxylic acids is 1. The number of carbonyl (C=O) groups is 1. The first-order chi connectivity index (χ1) is 7.65. The maximum absolute atomic E-state index is 11.8. The second-order valence-electron chi connectivity index (χ2n) is 3.48. The van der Waals surface area contributed by atoms with E-state index in [4.69, 9.17) is 5.21 Å². The molecule has 0 saturated carbocycles. The highest BCUT2D eigenvalue weighted by Gasteiger charge is 2.12. The number of aryl methyl sites for hydroxylation is 2. The van der Waals surface area contributed by atoms with Crippen LogP contribution in [0.5, 0.6) is 0 Å². The van der Waals surface area contributed by atoms with E-state index in [9.17, 15) is 4.79 Å². The molecule has 0 spiro atoms. The normalized spacial score (nSPS) is 10.7. The Labute approximate surface area is 98.9 Å². The van der Waals surface area contributed by atoms with E-state index in [0.717, 1.165) is 15.6 Å². The molecule has 3 N–H and O–H groups in total. The zero-order chi connectivity index (χ0) is 12.0. The van der Waals surface area contributed by atoms with Gasteiger partial charge in [0.1, 0.15) is 0 Å². The van der Waals surface area contributed by atoms with Crippen molar-refractivity contribution in [2.45, 2.75) is 20.3 Å². The van der Waals surface area contributed by atoms with Crippen molar-refractivity contribution in [2.24, 2.45) is 0 Å². The zero-order valence-electron chi connectivity index (χ0n) is 9.54. The summed E-state index contributed by atoms with van der Waals surface area (Å²) in [5.74, 6) is 0.132. The molecule has 0 amide bonds. The van der Waals surface area contributed by atoms with Crippen molar-refractivity contribution < 1.29 is 10.0 Å². The number of hydroxylamine groups is 1. The standard InChI is InChI=1S/C10H17N3O2S/c1-7-10(16-8(2)13-7)9(14)3-4-11-5-6-12-15/h11-12,15H,3-6H2,1-2H3. The summed E-state index contributed by atoms with van der Waals surface area (Å²) in [6.07, 6.45) is 0.466. The fourth-order valence-electron chi connectivity index (χ4n) is 1.37. The lowest BCUT2D eigenvalue weighted by atomic mass is 10.2. The van der Waals surface area contributed by atoms with Crippen molar-refractivity contribution >= 4 is 17.1 Å². The molecular weight excluding hydrogens is 226 g/mol. The average Bonchev–Trinajstić information content (AvgIpc) is 2.57. The van der Waals surface area contributed by atoms with Gasteiger partial charge in [-0.2, -0.15) is 0 Å². The van der Waals surface area contributed by atoms with Crippen LogP contribution in [0.4, 0.5) is 0 Å². The number of ketones is 1. The van der Waals surface area contributed by atoms with Crippen molar-refractivity contribution in [1.82, 2.24) is 15.8 Å². The van der Waals surface area contributed by atoms with Gasteiger partial charge in [0.05, 0.1) is 15.6 Å². The number of nitrogens with one attached hydrogen (secondary N) is 2. The van der Waals surface area contributed by atoms with Gasteiger partial charge in [-0.15, -0.1) is 11.3 Å². The van der Waals surface area contributed by atoms with Crippen LogP contribution in [0.3, 0.4) is 0 Å². The Balaban J connectivity index is 2.33. The number of thiazole rings is 1. The van der Waals surface area contributed by atoms with Gasteiger partial charge < -0.3 is 10.5 Å². The Bertz CT molecular complexity index is 352. The summed E-state index contributed by atoms with van der Waals surface area (Å²) >= 11 is 1.45. The molecule has 1 rings (SSSR count). The summed E-state index contributed by atoms with van der Waals surface area (Å²) in [7, 11) is 0. The SMILES string of the molecule is Cc1nc(C)c(C(=O)CCNCCNO)s1. The Morgan fingerprint density at radius 2 is 2.12 bits per heavy atom. The lowest BCUT2D eigenvalue weighted by Crippen LogP contribution is -2.27. The first-order valence-corrected chi connectivity index (χ1v) is 6.01. The third kappa shape index (κ3) is 3.97. The molecule has 0 aliphatic heterocycles. The highest BCUT2D eigenvalue weighted by atomic mass is 32.1. The molecule has 16 heavy (non-hydrogen) atoms. The van der Waals surface area contributed by atoms with Gasteiger partial charge in [-0.25, -0.2) is 10.5 Å². The fourth-order valence-corrected chi connectivity index (χ4v) is 2.26. The molecule has 0 aromatic carbocycles. The monoisotopic (exact) mass is 243 g/mol. The molecule has 6 heteroatoms. The number of rotatable bonds is 7.